The molecule has 5 nitrogen and oxygen atoms in total. The third-order valence-corrected chi connectivity index (χ3v) is 4.59. The Morgan fingerprint density at radius 3 is 2.31 bits per heavy atom. The summed E-state index contributed by atoms with van der Waals surface area (Å²) in [5.41, 5.74) is 3.09. The molecule has 0 unspecified atom stereocenters. The second-order valence-corrected chi connectivity index (χ2v) is 7.39. The monoisotopic (exact) mass is 432 g/mol. The number of anilines is 3. The van der Waals surface area contributed by atoms with Crippen LogP contribution >= 0.6 is 0 Å². The van der Waals surface area contributed by atoms with Gasteiger partial charge >= 0.3 is 5.97 Å². The molecule has 0 aliphatic carbocycles. The molecule has 3 rings (SSSR count). The fourth-order valence-corrected chi connectivity index (χ4v) is 3.15. The van der Waals surface area contributed by atoms with Gasteiger partial charge in [-0.05, 0) is 74.0 Å². The Morgan fingerprint density at radius 2 is 1.66 bits per heavy atom. The number of nitrogens with zero attached hydrogens (tertiary/aromatic N) is 1. The lowest BCUT2D eigenvalue weighted by atomic mass is 10.2. The SMILES string of the molecule is CC(C)N(C(=O)COC(=O)/C=C/c1cccc(F)c1)c1ccc(Nc2ccccc2)cc1. The van der Waals surface area contributed by atoms with Crippen LogP contribution in [0.1, 0.15) is 19.4 Å². The zero-order valence-electron chi connectivity index (χ0n) is 18.0. The van der Waals surface area contributed by atoms with Gasteiger partial charge in [0.05, 0.1) is 0 Å². The highest BCUT2D eigenvalue weighted by molar-refractivity contribution is 5.97. The number of esters is 1. The summed E-state index contributed by atoms with van der Waals surface area (Å²) in [6, 6.07) is 22.9. The third-order valence-electron chi connectivity index (χ3n) is 4.59. The molecule has 0 aliphatic rings. The molecular formula is C26H25FN2O3. The van der Waals surface area contributed by atoms with Gasteiger partial charge in [-0.1, -0.05) is 30.3 Å². The summed E-state index contributed by atoms with van der Waals surface area (Å²) in [4.78, 5) is 26.3. The first-order valence-corrected chi connectivity index (χ1v) is 10.3. The third kappa shape index (κ3) is 6.54. The van der Waals surface area contributed by atoms with Gasteiger partial charge < -0.3 is 15.0 Å². The average molecular weight is 432 g/mol. The van der Waals surface area contributed by atoms with Crippen molar-refractivity contribution in [1.29, 1.82) is 0 Å². The van der Waals surface area contributed by atoms with Crippen molar-refractivity contribution in [2.45, 2.75) is 19.9 Å². The van der Waals surface area contributed by atoms with E-state index in [0.29, 0.717) is 11.3 Å². The summed E-state index contributed by atoms with van der Waals surface area (Å²) < 4.78 is 18.3. The average Bonchev–Trinajstić information content (AvgIpc) is 2.78. The van der Waals surface area contributed by atoms with Crippen molar-refractivity contribution in [3.05, 3.63) is 96.3 Å². The minimum Gasteiger partial charge on any atom is -0.452 e. The second kappa shape index (κ2) is 10.9. The summed E-state index contributed by atoms with van der Waals surface area (Å²) >= 11 is 0. The van der Waals surface area contributed by atoms with Crippen molar-refractivity contribution in [2.24, 2.45) is 0 Å². The molecule has 0 heterocycles. The number of benzene rings is 3. The Bertz CT molecular complexity index is 1080. The predicted octanol–water partition coefficient (Wildman–Crippen LogP) is 5.57. The summed E-state index contributed by atoms with van der Waals surface area (Å²) in [7, 11) is 0. The van der Waals surface area contributed by atoms with Crippen molar-refractivity contribution in [1.82, 2.24) is 0 Å². The van der Waals surface area contributed by atoms with Gasteiger partial charge in [-0.3, -0.25) is 4.79 Å². The Balaban J connectivity index is 1.59. The summed E-state index contributed by atoms with van der Waals surface area (Å²) in [6.45, 7) is 3.38. The molecule has 164 valence electrons. The zero-order valence-corrected chi connectivity index (χ0v) is 18.0. The molecule has 3 aromatic rings. The van der Waals surface area contributed by atoms with Crippen LogP contribution in [0.15, 0.2) is 84.9 Å². The van der Waals surface area contributed by atoms with Crippen LogP contribution in [0.25, 0.3) is 6.08 Å². The highest BCUT2D eigenvalue weighted by Gasteiger charge is 2.20. The number of hydrogen-bond acceptors (Lipinski definition) is 4. The Kier molecular flexibility index (Phi) is 7.75. The highest BCUT2D eigenvalue weighted by Crippen LogP contribution is 2.23. The minimum absolute atomic E-state index is 0.128. The second-order valence-electron chi connectivity index (χ2n) is 7.39. The number of para-hydroxylation sites is 1. The van der Waals surface area contributed by atoms with Crippen LogP contribution in [0.5, 0.6) is 0 Å². The fourth-order valence-electron chi connectivity index (χ4n) is 3.15. The number of nitrogens with one attached hydrogen (secondary N) is 1. The number of rotatable bonds is 8. The number of amides is 1. The van der Waals surface area contributed by atoms with Crippen molar-refractivity contribution in [3.8, 4) is 0 Å². The fraction of sp³-hybridized carbons (Fsp3) is 0.154. The van der Waals surface area contributed by atoms with E-state index in [1.54, 1.807) is 17.0 Å². The largest absolute Gasteiger partial charge is 0.452 e. The quantitative estimate of drug-likeness (QED) is 0.374. The van der Waals surface area contributed by atoms with Crippen LogP contribution < -0.4 is 10.2 Å². The first kappa shape index (κ1) is 22.7. The molecule has 0 aromatic heterocycles. The lowest BCUT2D eigenvalue weighted by Crippen LogP contribution is -2.39. The van der Waals surface area contributed by atoms with E-state index in [1.807, 2.05) is 68.4 Å². The molecule has 0 saturated carbocycles. The maximum absolute atomic E-state index is 13.2. The highest BCUT2D eigenvalue weighted by atomic mass is 19.1. The number of halogens is 1. The standard InChI is InChI=1S/C26H25FN2O3/c1-19(2)29(24-14-12-23(13-15-24)28-22-9-4-3-5-10-22)25(30)18-32-26(31)16-11-20-7-6-8-21(27)17-20/h3-17,19,28H,18H2,1-2H3/b16-11+. The van der Waals surface area contributed by atoms with E-state index in [-0.39, 0.29) is 11.9 Å². The molecule has 32 heavy (non-hydrogen) atoms. The lowest BCUT2D eigenvalue weighted by molar-refractivity contribution is -0.143. The Labute approximate surface area is 187 Å². The van der Waals surface area contributed by atoms with Gasteiger partial charge in [-0.15, -0.1) is 0 Å². The van der Waals surface area contributed by atoms with Gasteiger partial charge in [0.15, 0.2) is 6.61 Å². The maximum Gasteiger partial charge on any atom is 0.331 e. The van der Waals surface area contributed by atoms with E-state index in [1.165, 1.54) is 24.3 Å². The molecule has 0 fully saturated rings. The van der Waals surface area contributed by atoms with Crippen LogP contribution in [0.2, 0.25) is 0 Å². The van der Waals surface area contributed by atoms with Gasteiger partial charge in [-0.25, -0.2) is 9.18 Å². The van der Waals surface area contributed by atoms with Crippen molar-refractivity contribution in [3.63, 3.8) is 0 Å². The minimum atomic E-state index is -0.672. The van der Waals surface area contributed by atoms with Crippen LogP contribution in [-0.4, -0.2) is 24.5 Å². The number of carbonyl (C=O) groups excluding carboxylic acids is 2. The maximum atomic E-state index is 13.2. The Morgan fingerprint density at radius 1 is 0.969 bits per heavy atom. The van der Waals surface area contributed by atoms with Crippen LogP contribution in [0.4, 0.5) is 21.5 Å². The molecule has 0 saturated heterocycles. The van der Waals surface area contributed by atoms with Gasteiger partial charge in [0.2, 0.25) is 0 Å². The molecule has 6 heteroatoms. The normalized spacial score (nSPS) is 10.9. The van der Waals surface area contributed by atoms with Crippen LogP contribution in [0.3, 0.4) is 0 Å². The molecule has 0 spiro atoms. The topological polar surface area (TPSA) is 58.6 Å². The smallest absolute Gasteiger partial charge is 0.331 e. The molecule has 0 radical (unpaired) electrons. The molecule has 0 aliphatic heterocycles. The summed E-state index contributed by atoms with van der Waals surface area (Å²) in [5, 5.41) is 3.30. The number of hydrogen-bond donors (Lipinski definition) is 1. The van der Waals surface area contributed by atoms with Crippen molar-refractivity contribution in [2.75, 3.05) is 16.8 Å². The molecule has 0 bridgehead atoms. The molecule has 0 atom stereocenters. The lowest BCUT2D eigenvalue weighted by Gasteiger charge is -2.27. The van der Waals surface area contributed by atoms with E-state index in [2.05, 4.69) is 5.32 Å². The van der Waals surface area contributed by atoms with E-state index >= 15 is 0 Å². The van der Waals surface area contributed by atoms with Gasteiger partial charge in [0, 0.05) is 29.2 Å². The Hall–Kier alpha value is -3.93. The van der Waals surface area contributed by atoms with Gasteiger partial charge in [-0.2, -0.15) is 0 Å². The van der Waals surface area contributed by atoms with Crippen LogP contribution in [-0.2, 0) is 14.3 Å². The van der Waals surface area contributed by atoms with E-state index in [4.69, 9.17) is 4.74 Å². The zero-order chi connectivity index (χ0) is 22.9. The van der Waals surface area contributed by atoms with Crippen molar-refractivity contribution < 1.29 is 18.7 Å². The van der Waals surface area contributed by atoms with Crippen molar-refractivity contribution >= 4 is 35.0 Å². The first-order chi connectivity index (χ1) is 15.4. The number of carbonyl (C=O) groups is 2. The predicted molar refractivity (Wildman–Crippen MR) is 125 cm³/mol. The number of ether oxygens (including phenoxy) is 1. The summed E-state index contributed by atoms with van der Waals surface area (Å²) in [5.74, 6) is -1.40. The molecule has 1 amide bonds. The van der Waals surface area contributed by atoms with Gasteiger partial charge in [0.1, 0.15) is 5.82 Å². The molecular weight excluding hydrogens is 407 g/mol. The first-order valence-electron chi connectivity index (χ1n) is 10.3. The molecule has 1 N–H and O–H groups in total. The molecule has 3 aromatic carbocycles. The van der Waals surface area contributed by atoms with Crippen LogP contribution in [0, 0.1) is 5.82 Å². The van der Waals surface area contributed by atoms with E-state index in [0.717, 1.165) is 11.4 Å². The van der Waals surface area contributed by atoms with E-state index < -0.39 is 18.4 Å². The summed E-state index contributed by atoms with van der Waals surface area (Å²) in [6.07, 6.45) is 2.61. The van der Waals surface area contributed by atoms with Gasteiger partial charge in [0.25, 0.3) is 5.91 Å². The van der Waals surface area contributed by atoms with E-state index in [9.17, 15) is 14.0 Å².